The molecule has 10 atom stereocenters. The average molecular weight is 533 g/mol. The zero-order valence-corrected chi connectivity index (χ0v) is 26.3. The van der Waals surface area contributed by atoms with Crippen LogP contribution in [0.2, 0.25) is 0 Å². The summed E-state index contributed by atoms with van der Waals surface area (Å²) < 4.78 is 0. The molecule has 0 aromatic heterocycles. The van der Waals surface area contributed by atoms with Gasteiger partial charge in [0.1, 0.15) is 0 Å². The highest BCUT2D eigenvalue weighted by atomic mass is 16.4. The van der Waals surface area contributed by atoms with Gasteiger partial charge in [0, 0.05) is 0 Å². The predicted octanol–water partition coefficient (Wildman–Crippen LogP) is 10.2. The molecule has 1 aromatic carbocycles. The minimum absolute atomic E-state index is 0.218. The summed E-state index contributed by atoms with van der Waals surface area (Å²) in [6.07, 6.45) is 14.1. The highest BCUT2D eigenvalue weighted by Gasteiger charge is 2.70. The fourth-order valence-electron chi connectivity index (χ4n) is 13.2. The lowest BCUT2D eigenvalue weighted by Crippen LogP contribution is -2.65. The molecule has 0 radical (unpaired) electrons. The standard InChI is InChI=1S/C37H56O2/c1-23(2)26-15-18-34(5)21-22-36(7)28(31(26)34)13-14-30-35(6)19-16-27(24-9-11-25(12-10-24)32(38)39)33(3,4)29(35)17-20-37(30,36)8/h9-12,23,26-31H,13-22H2,1-8H3,(H,38,39)/t26-,27-,28+,29-,30+,31+,34+,35-,36+,37+/m0/s1. The van der Waals surface area contributed by atoms with Crippen LogP contribution in [0.15, 0.2) is 24.3 Å². The van der Waals surface area contributed by atoms with Crippen LogP contribution in [0.5, 0.6) is 0 Å². The molecule has 5 aliphatic carbocycles. The van der Waals surface area contributed by atoms with Crippen LogP contribution in [0.1, 0.15) is 141 Å². The van der Waals surface area contributed by atoms with E-state index in [4.69, 9.17) is 0 Å². The van der Waals surface area contributed by atoms with Crippen LogP contribution in [0, 0.1) is 62.6 Å². The maximum absolute atomic E-state index is 11.5. The second-order valence-corrected chi connectivity index (χ2v) is 17.1. The summed E-state index contributed by atoms with van der Waals surface area (Å²) in [6, 6.07) is 7.88. The maximum atomic E-state index is 11.5. The third kappa shape index (κ3) is 3.67. The molecule has 216 valence electrons. The van der Waals surface area contributed by atoms with Gasteiger partial charge in [0.2, 0.25) is 0 Å². The van der Waals surface area contributed by atoms with Gasteiger partial charge in [-0.2, -0.15) is 0 Å². The smallest absolute Gasteiger partial charge is 0.335 e. The van der Waals surface area contributed by atoms with Crippen molar-refractivity contribution in [1.82, 2.24) is 0 Å². The minimum atomic E-state index is -0.826. The van der Waals surface area contributed by atoms with E-state index in [9.17, 15) is 9.90 Å². The summed E-state index contributed by atoms with van der Waals surface area (Å²) in [4.78, 5) is 11.5. The van der Waals surface area contributed by atoms with E-state index < -0.39 is 5.97 Å². The van der Waals surface area contributed by atoms with E-state index >= 15 is 0 Å². The van der Waals surface area contributed by atoms with Gasteiger partial charge in [0.25, 0.3) is 0 Å². The molecule has 5 fully saturated rings. The number of benzene rings is 1. The van der Waals surface area contributed by atoms with Crippen molar-refractivity contribution >= 4 is 5.97 Å². The fraction of sp³-hybridized carbons (Fsp3) is 0.811. The lowest BCUT2D eigenvalue weighted by molar-refractivity contribution is -0.239. The first-order chi connectivity index (χ1) is 18.2. The molecule has 1 aromatic rings. The van der Waals surface area contributed by atoms with Crippen molar-refractivity contribution in [2.24, 2.45) is 62.6 Å². The second-order valence-electron chi connectivity index (χ2n) is 17.1. The van der Waals surface area contributed by atoms with Crippen LogP contribution in [-0.2, 0) is 0 Å². The Bertz CT molecular complexity index is 1120. The zero-order valence-electron chi connectivity index (χ0n) is 26.3. The first-order valence-corrected chi connectivity index (χ1v) is 16.5. The van der Waals surface area contributed by atoms with Crippen molar-refractivity contribution in [3.63, 3.8) is 0 Å². The molecule has 0 unspecified atom stereocenters. The SMILES string of the molecule is CC(C)[C@@H]1CC[C@]2(C)CC[C@]3(C)[C@H](CC[C@@H]4[C@@]5(C)CC[C@@H](c6ccc(C(=O)O)cc6)C(C)(C)[C@@H]5CC[C@]43C)[C@@H]12. The third-order valence-corrected chi connectivity index (χ3v) is 15.4. The van der Waals surface area contributed by atoms with Crippen molar-refractivity contribution in [1.29, 1.82) is 0 Å². The molecular formula is C37H56O2. The third-order valence-electron chi connectivity index (χ3n) is 15.4. The van der Waals surface area contributed by atoms with Gasteiger partial charge < -0.3 is 5.11 Å². The molecule has 0 amide bonds. The van der Waals surface area contributed by atoms with Crippen LogP contribution >= 0.6 is 0 Å². The number of hydrogen-bond acceptors (Lipinski definition) is 1. The molecule has 5 saturated carbocycles. The molecule has 39 heavy (non-hydrogen) atoms. The van der Waals surface area contributed by atoms with Gasteiger partial charge in [-0.15, -0.1) is 0 Å². The summed E-state index contributed by atoms with van der Waals surface area (Å²) in [7, 11) is 0. The van der Waals surface area contributed by atoms with Crippen LogP contribution < -0.4 is 0 Å². The van der Waals surface area contributed by atoms with Crippen molar-refractivity contribution < 1.29 is 9.90 Å². The second kappa shape index (κ2) is 8.84. The quantitative estimate of drug-likeness (QED) is 0.420. The Kier molecular flexibility index (Phi) is 6.31. The molecule has 0 bridgehead atoms. The summed E-state index contributed by atoms with van der Waals surface area (Å²) >= 11 is 0. The molecule has 5 aliphatic rings. The number of carboxylic acids is 1. The van der Waals surface area contributed by atoms with E-state index in [0.29, 0.717) is 33.1 Å². The van der Waals surface area contributed by atoms with Gasteiger partial charge in [-0.05, 0) is 150 Å². The van der Waals surface area contributed by atoms with Gasteiger partial charge in [-0.1, -0.05) is 67.5 Å². The molecular weight excluding hydrogens is 476 g/mol. The number of rotatable bonds is 3. The van der Waals surface area contributed by atoms with E-state index in [1.165, 1.54) is 69.8 Å². The molecule has 0 aliphatic heterocycles. The molecule has 1 N–H and O–H groups in total. The Balaban J connectivity index is 1.32. The molecule has 2 heteroatoms. The summed E-state index contributed by atoms with van der Waals surface area (Å²) in [5.41, 5.74) is 3.87. The van der Waals surface area contributed by atoms with Crippen molar-refractivity contribution in [2.45, 2.75) is 126 Å². The Morgan fingerprint density at radius 1 is 0.769 bits per heavy atom. The van der Waals surface area contributed by atoms with Crippen molar-refractivity contribution in [2.75, 3.05) is 0 Å². The summed E-state index contributed by atoms with van der Waals surface area (Å²) in [6.45, 7) is 21.1. The monoisotopic (exact) mass is 532 g/mol. The van der Waals surface area contributed by atoms with Gasteiger partial charge in [0.15, 0.2) is 0 Å². The van der Waals surface area contributed by atoms with Gasteiger partial charge in [0.05, 0.1) is 5.56 Å². The van der Waals surface area contributed by atoms with Crippen molar-refractivity contribution in [3.8, 4) is 0 Å². The fourth-order valence-corrected chi connectivity index (χ4v) is 13.2. The molecule has 0 spiro atoms. The van der Waals surface area contributed by atoms with E-state index in [1.807, 2.05) is 12.1 Å². The van der Waals surface area contributed by atoms with Crippen LogP contribution in [0.3, 0.4) is 0 Å². The highest BCUT2D eigenvalue weighted by molar-refractivity contribution is 5.87. The predicted molar refractivity (Wildman–Crippen MR) is 161 cm³/mol. The Morgan fingerprint density at radius 3 is 2.10 bits per heavy atom. The number of fused-ring (bicyclic) bond motifs is 7. The zero-order chi connectivity index (χ0) is 28.2. The maximum Gasteiger partial charge on any atom is 0.335 e. The summed E-state index contributed by atoms with van der Waals surface area (Å²) in [5, 5.41) is 9.42. The molecule has 6 rings (SSSR count). The normalized spacial score (nSPS) is 48.5. The molecule has 0 heterocycles. The lowest BCUT2D eigenvalue weighted by atomic mass is 9.32. The number of carboxylic acid groups (broad SMARTS) is 1. The van der Waals surface area contributed by atoms with E-state index in [1.54, 1.807) is 0 Å². The van der Waals surface area contributed by atoms with Crippen molar-refractivity contribution in [3.05, 3.63) is 35.4 Å². The van der Waals surface area contributed by atoms with Gasteiger partial charge in [-0.25, -0.2) is 4.79 Å². The minimum Gasteiger partial charge on any atom is -0.478 e. The number of hydrogen-bond donors (Lipinski definition) is 1. The van der Waals surface area contributed by atoms with E-state index in [2.05, 4.69) is 67.5 Å². The number of carbonyl (C=O) groups is 1. The Labute approximate surface area is 239 Å². The summed E-state index contributed by atoms with van der Waals surface area (Å²) in [5.74, 6) is 4.81. The van der Waals surface area contributed by atoms with E-state index in [-0.39, 0.29) is 5.41 Å². The highest BCUT2D eigenvalue weighted by Crippen LogP contribution is 2.78. The van der Waals surface area contributed by atoms with E-state index in [0.717, 1.165) is 35.5 Å². The average Bonchev–Trinajstić information content (AvgIpc) is 3.22. The lowest BCUT2D eigenvalue weighted by Gasteiger charge is -2.73. The van der Waals surface area contributed by atoms with Crippen LogP contribution in [0.25, 0.3) is 0 Å². The first kappa shape index (κ1) is 27.8. The molecule has 0 saturated heterocycles. The topological polar surface area (TPSA) is 37.3 Å². The van der Waals surface area contributed by atoms with Crippen LogP contribution in [0.4, 0.5) is 0 Å². The molecule has 2 nitrogen and oxygen atoms in total. The number of aromatic carboxylic acids is 1. The largest absolute Gasteiger partial charge is 0.478 e. The Morgan fingerprint density at radius 2 is 1.46 bits per heavy atom. The van der Waals surface area contributed by atoms with Gasteiger partial charge in [-0.3, -0.25) is 0 Å². The van der Waals surface area contributed by atoms with Gasteiger partial charge >= 0.3 is 5.97 Å². The van der Waals surface area contributed by atoms with Crippen LogP contribution in [-0.4, -0.2) is 11.1 Å². The first-order valence-electron chi connectivity index (χ1n) is 16.5. The Hall–Kier alpha value is -1.31.